The van der Waals surface area contributed by atoms with E-state index >= 15 is 0 Å². The molecule has 1 aliphatic rings. The summed E-state index contributed by atoms with van der Waals surface area (Å²) in [6.07, 6.45) is 0.232. The van der Waals surface area contributed by atoms with Gasteiger partial charge in [-0.25, -0.2) is 4.79 Å². The number of benzene rings is 2. The van der Waals surface area contributed by atoms with E-state index in [4.69, 9.17) is 10.5 Å². The Morgan fingerprint density at radius 2 is 1.95 bits per heavy atom. The van der Waals surface area contributed by atoms with Gasteiger partial charge in [-0.15, -0.1) is 0 Å². The number of aliphatic carboxylic acids is 1. The molecule has 4 heteroatoms. The van der Waals surface area contributed by atoms with Crippen LogP contribution in [0.25, 0.3) is 10.8 Å². The van der Waals surface area contributed by atoms with Crippen LogP contribution in [0, 0.1) is 0 Å². The first kappa shape index (κ1) is 12.9. The van der Waals surface area contributed by atoms with Gasteiger partial charge in [0.15, 0.2) is 0 Å². The summed E-state index contributed by atoms with van der Waals surface area (Å²) < 4.78 is 5.93. The van der Waals surface area contributed by atoms with Crippen LogP contribution in [-0.2, 0) is 10.3 Å². The Hall–Kier alpha value is -2.07. The topological polar surface area (TPSA) is 72.6 Å². The summed E-state index contributed by atoms with van der Waals surface area (Å²) >= 11 is 0. The molecule has 3 N–H and O–H groups in total. The van der Waals surface area contributed by atoms with E-state index < -0.39 is 17.1 Å². The van der Waals surface area contributed by atoms with Gasteiger partial charge in [-0.2, -0.15) is 0 Å². The number of nitrogens with two attached hydrogens (primary N) is 1. The molecule has 20 heavy (non-hydrogen) atoms. The van der Waals surface area contributed by atoms with E-state index in [0.717, 1.165) is 10.8 Å². The first-order valence-electron chi connectivity index (χ1n) is 6.57. The molecule has 3 rings (SSSR count). The van der Waals surface area contributed by atoms with E-state index in [1.807, 2.05) is 50.2 Å². The Balaban J connectivity index is 2.38. The molecule has 0 fully saturated rings. The van der Waals surface area contributed by atoms with E-state index in [2.05, 4.69) is 0 Å². The van der Waals surface area contributed by atoms with Crippen LogP contribution in [0.5, 0.6) is 5.75 Å². The van der Waals surface area contributed by atoms with E-state index in [1.54, 1.807) is 0 Å². The van der Waals surface area contributed by atoms with Gasteiger partial charge >= 0.3 is 5.97 Å². The normalized spacial score (nSPS) is 23.9. The molecular weight excluding hydrogens is 254 g/mol. The molecule has 0 bridgehead atoms. The summed E-state index contributed by atoms with van der Waals surface area (Å²) in [6.45, 7) is 3.71. The zero-order valence-corrected chi connectivity index (χ0v) is 11.5. The Morgan fingerprint density at radius 1 is 1.25 bits per heavy atom. The SMILES string of the molecule is CC1(C)CC(N)(C(=O)O)c2c(ccc3ccccc23)O1. The Bertz CT molecular complexity index is 708. The van der Waals surface area contributed by atoms with Crippen molar-refractivity contribution in [2.75, 3.05) is 0 Å². The minimum absolute atomic E-state index is 0.232. The van der Waals surface area contributed by atoms with E-state index in [9.17, 15) is 9.90 Å². The fourth-order valence-corrected chi connectivity index (χ4v) is 3.07. The van der Waals surface area contributed by atoms with Gasteiger partial charge < -0.3 is 15.6 Å². The minimum Gasteiger partial charge on any atom is -0.487 e. The molecule has 0 saturated carbocycles. The molecular formula is C16H17NO3. The van der Waals surface area contributed by atoms with Crippen LogP contribution >= 0.6 is 0 Å². The molecule has 4 nitrogen and oxygen atoms in total. The Labute approximate surface area is 117 Å². The summed E-state index contributed by atoms with van der Waals surface area (Å²) in [4.78, 5) is 11.8. The van der Waals surface area contributed by atoms with Crippen LogP contribution < -0.4 is 10.5 Å². The van der Waals surface area contributed by atoms with Crippen molar-refractivity contribution in [1.29, 1.82) is 0 Å². The third-order valence-corrected chi connectivity index (χ3v) is 3.81. The standard InChI is InChI=1S/C16H17NO3/c1-15(2)9-16(17,14(18)19)13-11-6-4-3-5-10(11)7-8-12(13)20-15/h3-8H,9,17H2,1-2H3,(H,18,19). The predicted molar refractivity (Wildman–Crippen MR) is 76.8 cm³/mol. The maximum Gasteiger partial charge on any atom is 0.328 e. The number of ether oxygens (including phenoxy) is 1. The lowest BCUT2D eigenvalue weighted by Crippen LogP contribution is -2.54. The molecule has 2 aromatic rings. The number of carboxylic acid groups (broad SMARTS) is 1. The van der Waals surface area contributed by atoms with Crippen molar-refractivity contribution < 1.29 is 14.6 Å². The molecule has 0 saturated heterocycles. The zero-order valence-electron chi connectivity index (χ0n) is 11.5. The van der Waals surface area contributed by atoms with Gasteiger partial charge in [0, 0.05) is 12.0 Å². The largest absolute Gasteiger partial charge is 0.487 e. The molecule has 104 valence electrons. The highest BCUT2D eigenvalue weighted by molar-refractivity contribution is 5.95. The summed E-state index contributed by atoms with van der Waals surface area (Å²) in [7, 11) is 0. The van der Waals surface area contributed by atoms with Gasteiger partial charge in [-0.3, -0.25) is 0 Å². The molecule has 0 aromatic heterocycles. The first-order chi connectivity index (χ1) is 9.33. The molecule has 0 radical (unpaired) electrons. The van der Waals surface area contributed by atoms with Gasteiger partial charge in [0.1, 0.15) is 16.9 Å². The summed E-state index contributed by atoms with van der Waals surface area (Å²) in [5, 5.41) is 11.5. The monoisotopic (exact) mass is 271 g/mol. The molecule has 1 aliphatic heterocycles. The number of rotatable bonds is 1. The lowest BCUT2D eigenvalue weighted by atomic mass is 9.76. The van der Waals surface area contributed by atoms with Gasteiger partial charge in [0.2, 0.25) is 0 Å². The van der Waals surface area contributed by atoms with Crippen molar-refractivity contribution in [2.45, 2.75) is 31.4 Å². The third kappa shape index (κ3) is 1.76. The maximum atomic E-state index is 11.8. The number of carbonyl (C=O) groups is 1. The Kier molecular flexibility index (Phi) is 2.56. The van der Waals surface area contributed by atoms with Gasteiger partial charge in [0.25, 0.3) is 0 Å². The second-order valence-corrected chi connectivity index (χ2v) is 5.97. The molecule has 0 amide bonds. The van der Waals surface area contributed by atoms with Crippen molar-refractivity contribution in [3.05, 3.63) is 42.0 Å². The average Bonchev–Trinajstić information content (AvgIpc) is 2.36. The predicted octanol–water partition coefficient (Wildman–Crippen LogP) is 2.64. The molecule has 0 spiro atoms. The fourth-order valence-electron chi connectivity index (χ4n) is 3.07. The van der Waals surface area contributed by atoms with Crippen molar-refractivity contribution in [2.24, 2.45) is 5.73 Å². The highest BCUT2D eigenvalue weighted by Crippen LogP contribution is 2.45. The van der Waals surface area contributed by atoms with Crippen LogP contribution in [0.15, 0.2) is 36.4 Å². The van der Waals surface area contributed by atoms with E-state index in [1.165, 1.54) is 0 Å². The van der Waals surface area contributed by atoms with E-state index in [0.29, 0.717) is 11.3 Å². The highest BCUT2D eigenvalue weighted by Gasteiger charge is 2.48. The van der Waals surface area contributed by atoms with Crippen molar-refractivity contribution in [3.8, 4) is 5.75 Å². The van der Waals surface area contributed by atoms with Crippen LogP contribution in [0.3, 0.4) is 0 Å². The molecule has 2 aromatic carbocycles. The third-order valence-electron chi connectivity index (χ3n) is 3.81. The van der Waals surface area contributed by atoms with Crippen molar-refractivity contribution in [3.63, 3.8) is 0 Å². The van der Waals surface area contributed by atoms with Gasteiger partial charge in [-0.1, -0.05) is 30.3 Å². The van der Waals surface area contributed by atoms with Crippen LogP contribution in [0.2, 0.25) is 0 Å². The zero-order chi connectivity index (χ0) is 14.5. The fraction of sp³-hybridized carbons (Fsp3) is 0.312. The highest BCUT2D eigenvalue weighted by atomic mass is 16.5. The smallest absolute Gasteiger partial charge is 0.328 e. The van der Waals surface area contributed by atoms with Gasteiger partial charge in [-0.05, 0) is 30.7 Å². The van der Waals surface area contributed by atoms with Crippen LogP contribution in [0.1, 0.15) is 25.8 Å². The number of hydrogen-bond donors (Lipinski definition) is 2. The van der Waals surface area contributed by atoms with Crippen LogP contribution in [-0.4, -0.2) is 16.7 Å². The minimum atomic E-state index is -1.43. The van der Waals surface area contributed by atoms with Crippen LogP contribution in [0.4, 0.5) is 0 Å². The second kappa shape index (κ2) is 3.96. The quantitative estimate of drug-likeness (QED) is 0.836. The number of carboxylic acids is 1. The number of fused-ring (bicyclic) bond motifs is 3. The second-order valence-electron chi connectivity index (χ2n) is 5.97. The summed E-state index contributed by atoms with van der Waals surface area (Å²) in [5.41, 5.74) is 4.81. The van der Waals surface area contributed by atoms with E-state index in [-0.39, 0.29) is 6.42 Å². The Morgan fingerprint density at radius 3 is 2.65 bits per heavy atom. The molecule has 1 unspecified atom stereocenters. The lowest BCUT2D eigenvalue weighted by molar-refractivity contribution is -0.147. The van der Waals surface area contributed by atoms with Crippen molar-refractivity contribution in [1.82, 2.24) is 0 Å². The maximum absolute atomic E-state index is 11.8. The molecule has 1 atom stereocenters. The summed E-state index contributed by atoms with van der Waals surface area (Å²) in [6, 6.07) is 11.4. The summed E-state index contributed by atoms with van der Waals surface area (Å²) in [5.74, 6) is -0.462. The first-order valence-corrected chi connectivity index (χ1v) is 6.57. The molecule has 1 heterocycles. The lowest BCUT2D eigenvalue weighted by Gasteiger charge is -2.42. The average molecular weight is 271 g/mol. The van der Waals surface area contributed by atoms with Crippen molar-refractivity contribution >= 4 is 16.7 Å². The van der Waals surface area contributed by atoms with Gasteiger partial charge in [0.05, 0.1) is 0 Å². The number of hydrogen-bond acceptors (Lipinski definition) is 3. The molecule has 0 aliphatic carbocycles.